The highest BCUT2D eigenvalue weighted by molar-refractivity contribution is 5.54. The summed E-state index contributed by atoms with van der Waals surface area (Å²) in [6.45, 7) is 14.3. The van der Waals surface area contributed by atoms with Crippen LogP contribution in [0.25, 0.3) is 11.4 Å². The summed E-state index contributed by atoms with van der Waals surface area (Å²) in [5.41, 5.74) is 2.31. The zero-order chi connectivity index (χ0) is 24.1. The van der Waals surface area contributed by atoms with Crippen LogP contribution in [0.5, 0.6) is 0 Å². The number of ether oxygens (including phenoxy) is 1. The number of allylic oxidation sites excluding steroid dienone is 1. The van der Waals surface area contributed by atoms with Crippen molar-refractivity contribution in [2.45, 2.75) is 91.7 Å². The Morgan fingerprint density at radius 3 is 2.36 bits per heavy atom. The van der Waals surface area contributed by atoms with Crippen molar-refractivity contribution in [3.05, 3.63) is 60.3 Å². The summed E-state index contributed by atoms with van der Waals surface area (Å²) in [7, 11) is 0. The first-order valence-corrected chi connectivity index (χ1v) is 12.3. The van der Waals surface area contributed by atoms with E-state index in [-0.39, 0.29) is 6.10 Å². The molecule has 3 rings (SSSR count). The smallest absolute Gasteiger partial charge is 0.203 e. The van der Waals surface area contributed by atoms with Gasteiger partial charge < -0.3 is 10.1 Å². The molecule has 1 aliphatic rings. The molecule has 1 aromatic carbocycles. The van der Waals surface area contributed by atoms with Gasteiger partial charge in [0.15, 0.2) is 11.7 Å². The first kappa shape index (κ1) is 26.5. The van der Waals surface area contributed by atoms with Crippen LogP contribution in [0, 0.1) is 12.8 Å². The number of nitrogens with zero attached hydrogens (tertiary/aromatic N) is 4. The minimum Gasteiger partial charge on any atom is -0.472 e. The lowest BCUT2D eigenvalue weighted by Crippen LogP contribution is -2.25. The van der Waals surface area contributed by atoms with E-state index in [4.69, 9.17) is 4.74 Å². The van der Waals surface area contributed by atoms with Crippen LogP contribution in [0.4, 0.5) is 0 Å². The molecule has 0 saturated heterocycles. The van der Waals surface area contributed by atoms with Crippen LogP contribution in [0.15, 0.2) is 48.9 Å². The Kier molecular flexibility index (Phi) is 11.6. The summed E-state index contributed by atoms with van der Waals surface area (Å²) in [5.74, 6) is 2.60. The van der Waals surface area contributed by atoms with E-state index in [2.05, 4.69) is 84.3 Å². The third-order valence-corrected chi connectivity index (χ3v) is 5.25. The molecular weight excluding hydrogens is 410 g/mol. The lowest BCUT2D eigenvalue weighted by Gasteiger charge is -2.21. The molecule has 1 aliphatic carbocycles. The summed E-state index contributed by atoms with van der Waals surface area (Å²) in [6, 6.07) is 8.70. The third kappa shape index (κ3) is 11.1. The standard InChI is InChI=1S/C14H18N4.C13H23NO/c1-10(2)4-5-12-6-8-13(9-7-12)14-17-15-11(3)16-18-14;1-11(2)14-12(3)15-13-9-7-5-4-6-8-10-13/h6-10H,4-5H2,1-3H3;7,9,11,13-14H,3-6,8,10H2,1-2H3/b;9-7+/t;13-/m.1/s1. The van der Waals surface area contributed by atoms with Gasteiger partial charge in [0.1, 0.15) is 6.10 Å². The predicted octanol–water partition coefficient (Wildman–Crippen LogP) is 6.19. The Bertz CT molecular complexity index is 844. The van der Waals surface area contributed by atoms with Crippen molar-refractivity contribution in [2.75, 3.05) is 0 Å². The van der Waals surface area contributed by atoms with E-state index in [0.29, 0.717) is 23.6 Å². The second kappa shape index (κ2) is 14.4. The van der Waals surface area contributed by atoms with Crippen molar-refractivity contribution in [1.29, 1.82) is 0 Å². The molecule has 0 amide bonds. The zero-order valence-corrected chi connectivity index (χ0v) is 21.1. The van der Waals surface area contributed by atoms with Crippen LogP contribution in [-0.4, -0.2) is 32.5 Å². The molecule has 1 aromatic heterocycles. The summed E-state index contributed by atoms with van der Waals surface area (Å²) in [4.78, 5) is 0. The average Bonchev–Trinajstić information content (AvgIpc) is 2.75. The van der Waals surface area contributed by atoms with Crippen LogP contribution in [0.3, 0.4) is 0 Å². The molecule has 33 heavy (non-hydrogen) atoms. The quantitative estimate of drug-likeness (QED) is 0.381. The summed E-state index contributed by atoms with van der Waals surface area (Å²) in [5, 5.41) is 19.1. The number of aromatic nitrogens is 4. The van der Waals surface area contributed by atoms with Gasteiger partial charge in [-0.15, -0.1) is 20.4 Å². The van der Waals surface area contributed by atoms with Gasteiger partial charge in [0, 0.05) is 11.6 Å². The van der Waals surface area contributed by atoms with E-state index in [9.17, 15) is 0 Å². The molecule has 6 nitrogen and oxygen atoms in total. The molecule has 0 unspecified atom stereocenters. The number of rotatable bonds is 8. The van der Waals surface area contributed by atoms with Gasteiger partial charge in [-0.25, -0.2) is 0 Å². The minimum absolute atomic E-state index is 0.212. The number of nitrogens with one attached hydrogen (secondary N) is 1. The maximum Gasteiger partial charge on any atom is 0.203 e. The lowest BCUT2D eigenvalue weighted by molar-refractivity contribution is 0.124. The highest BCUT2D eigenvalue weighted by Gasteiger charge is 2.09. The Morgan fingerprint density at radius 2 is 1.73 bits per heavy atom. The van der Waals surface area contributed by atoms with Crippen molar-refractivity contribution < 1.29 is 4.74 Å². The molecule has 0 spiro atoms. The fourth-order valence-electron chi connectivity index (χ4n) is 3.44. The molecule has 0 saturated carbocycles. The second-order valence-corrected chi connectivity index (χ2v) is 9.34. The SMILES string of the molecule is C=C(NC(C)C)O[C@@H]1/C=C/CCCCC1.Cc1nnc(-c2ccc(CCC(C)C)cc2)nn1. The summed E-state index contributed by atoms with van der Waals surface area (Å²) < 4.78 is 5.75. The van der Waals surface area contributed by atoms with Gasteiger partial charge >= 0.3 is 0 Å². The fourth-order valence-corrected chi connectivity index (χ4v) is 3.44. The number of hydrogen-bond donors (Lipinski definition) is 1. The Morgan fingerprint density at radius 1 is 1.03 bits per heavy atom. The predicted molar refractivity (Wildman–Crippen MR) is 135 cm³/mol. The monoisotopic (exact) mass is 451 g/mol. The minimum atomic E-state index is 0.212. The number of aryl methyl sites for hydroxylation is 2. The molecular formula is C27H41N5O. The van der Waals surface area contributed by atoms with E-state index < -0.39 is 0 Å². The molecule has 0 fully saturated rings. The van der Waals surface area contributed by atoms with Crippen LogP contribution >= 0.6 is 0 Å². The molecule has 1 N–H and O–H groups in total. The van der Waals surface area contributed by atoms with Crippen LogP contribution < -0.4 is 5.32 Å². The molecule has 6 heteroatoms. The van der Waals surface area contributed by atoms with E-state index >= 15 is 0 Å². The summed E-state index contributed by atoms with van der Waals surface area (Å²) in [6.07, 6.45) is 13.1. The largest absolute Gasteiger partial charge is 0.472 e. The molecule has 0 bridgehead atoms. The third-order valence-electron chi connectivity index (χ3n) is 5.25. The molecule has 180 valence electrons. The average molecular weight is 452 g/mol. The summed E-state index contributed by atoms with van der Waals surface area (Å²) >= 11 is 0. The van der Waals surface area contributed by atoms with E-state index in [1.165, 1.54) is 37.7 Å². The Labute approximate surface area is 200 Å². The van der Waals surface area contributed by atoms with Crippen molar-refractivity contribution in [3.63, 3.8) is 0 Å². The molecule has 1 atom stereocenters. The van der Waals surface area contributed by atoms with Crippen LogP contribution in [0.2, 0.25) is 0 Å². The molecule has 1 heterocycles. The fraction of sp³-hybridized carbons (Fsp3) is 0.556. The topological polar surface area (TPSA) is 72.8 Å². The van der Waals surface area contributed by atoms with Gasteiger partial charge in [-0.3, -0.25) is 0 Å². The Balaban J connectivity index is 0.000000238. The first-order valence-electron chi connectivity index (χ1n) is 12.3. The van der Waals surface area contributed by atoms with Crippen molar-refractivity contribution in [3.8, 4) is 11.4 Å². The number of benzene rings is 1. The van der Waals surface area contributed by atoms with Crippen molar-refractivity contribution in [1.82, 2.24) is 25.7 Å². The van der Waals surface area contributed by atoms with E-state index in [1.807, 2.05) is 12.1 Å². The van der Waals surface area contributed by atoms with Crippen molar-refractivity contribution >= 4 is 0 Å². The lowest BCUT2D eigenvalue weighted by atomic mass is 10.0. The molecule has 2 aromatic rings. The van der Waals surface area contributed by atoms with Crippen molar-refractivity contribution in [2.24, 2.45) is 5.92 Å². The maximum absolute atomic E-state index is 5.75. The number of hydrogen-bond acceptors (Lipinski definition) is 6. The first-order chi connectivity index (χ1) is 15.8. The zero-order valence-electron chi connectivity index (χ0n) is 21.1. The van der Waals surface area contributed by atoms with E-state index in [0.717, 1.165) is 24.3 Å². The van der Waals surface area contributed by atoms with Gasteiger partial charge in [-0.05, 0) is 83.4 Å². The van der Waals surface area contributed by atoms with Gasteiger partial charge in [-0.1, -0.05) is 50.6 Å². The van der Waals surface area contributed by atoms with Crippen LogP contribution in [0.1, 0.15) is 77.6 Å². The van der Waals surface area contributed by atoms with Gasteiger partial charge in [0.2, 0.25) is 5.82 Å². The van der Waals surface area contributed by atoms with Gasteiger partial charge in [0.25, 0.3) is 0 Å². The molecule has 0 aliphatic heterocycles. The highest BCUT2D eigenvalue weighted by atomic mass is 16.5. The van der Waals surface area contributed by atoms with E-state index in [1.54, 1.807) is 6.92 Å². The normalized spacial score (nSPS) is 16.9. The van der Waals surface area contributed by atoms with Gasteiger partial charge in [0.05, 0.1) is 0 Å². The molecule has 0 radical (unpaired) electrons. The Hall–Kier alpha value is -2.76. The van der Waals surface area contributed by atoms with Crippen LogP contribution in [-0.2, 0) is 11.2 Å². The highest BCUT2D eigenvalue weighted by Crippen LogP contribution is 2.17. The maximum atomic E-state index is 5.75. The second-order valence-electron chi connectivity index (χ2n) is 9.34. The van der Waals surface area contributed by atoms with Gasteiger partial charge in [-0.2, -0.15) is 0 Å².